The first-order valence-corrected chi connectivity index (χ1v) is 6.82. The largest absolute Gasteiger partial charge is 0.459 e. The monoisotopic (exact) mass is 322 g/mol. The summed E-state index contributed by atoms with van der Waals surface area (Å²) >= 11 is 0. The highest BCUT2D eigenvalue weighted by atomic mass is 16.6. The molecule has 6 atom stereocenters. The molecule has 0 aromatic heterocycles. The molecule has 22 heavy (non-hydrogen) atoms. The van der Waals surface area contributed by atoms with E-state index in [-0.39, 0.29) is 25.0 Å². The van der Waals surface area contributed by atoms with E-state index in [0.717, 1.165) is 0 Å². The lowest BCUT2D eigenvalue weighted by atomic mass is 9.99. The van der Waals surface area contributed by atoms with Gasteiger partial charge in [0.05, 0.1) is 11.7 Å². The maximum absolute atomic E-state index is 11.7. The third-order valence-corrected chi connectivity index (χ3v) is 3.37. The van der Waals surface area contributed by atoms with Gasteiger partial charge in [-0.25, -0.2) is 4.79 Å². The zero-order chi connectivity index (χ0) is 16.9. The van der Waals surface area contributed by atoms with Gasteiger partial charge in [-0.2, -0.15) is 0 Å². The molecule has 9 heteroatoms. The van der Waals surface area contributed by atoms with Crippen LogP contribution < -0.4 is 0 Å². The molecule has 0 spiro atoms. The molecule has 0 bridgehead atoms. The second kappa shape index (κ2) is 8.53. The van der Waals surface area contributed by atoms with E-state index in [9.17, 15) is 30.3 Å². The highest BCUT2D eigenvalue weighted by Gasteiger charge is 2.43. The van der Waals surface area contributed by atoms with Crippen molar-refractivity contribution in [3.63, 3.8) is 0 Å². The predicted molar refractivity (Wildman–Crippen MR) is 71.3 cm³/mol. The summed E-state index contributed by atoms with van der Waals surface area (Å²) in [5, 5.41) is 56.0. The van der Waals surface area contributed by atoms with Crippen LogP contribution in [0.5, 0.6) is 0 Å². The first kappa shape index (κ1) is 19.0. The fourth-order valence-electron chi connectivity index (χ4n) is 1.91. The number of esters is 1. The Morgan fingerprint density at radius 1 is 1.18 bits per heavy atom. The molecule has 1 saturated heterocycles. The van der Waals surface area contributed by atoms with Gasteiger partial charge in [0.15, 0.2) is 6.29 Å². The molecule has 1 aliphatic rings. The van der Waals surface area contributed by atoms with Crippen LogP contribution in [0.15, 0.2) is 12.2 Å². The van der Waals surface area contributed by atoms with Gasteiger partial charge in [-0.3, -0.25) is 0 Å². The molecule has 1 unspecified atom stereocenters. The van der Waals surface area contributed by atoms with Crippen molar-refractivity contribution in [3.05, 3.63) is 12.2 Å². The minimum Gasteiger partial charge on any atom is -0.459 e. The molecule has 9 nitrogen and oxygen atoms in total. The fraction of sp³-hybridized carbons (Fsp3) is 0.769. The number of carbonyl (C=O) groups is 1. The minimum atomic E-state index is -1.72. The van der Waals surface area contributed by atoms with Gasteiger partial charge in [-0.1, -0.05) is 6.58 Å². The lowest BCUT2D eigenvalue weighted by Gasteiger charge is -2.37. The van der Waals surface area contributed by atoms with E-state index in [2.05, 4.69) is 6.58 Å². The Labute approximate surface area is 127 Å². The average Bonchev–Trinajstić information content (AvgIpc) is 2.51. The Morgan fingerprint density at radius 2 is 1.82 bits per heavy atom. The summed E-state index contributed by atoms with van der Waals surface area (Å²) in [5.41, 5.74) is -0.222. The number of hydrogen-bond donors (Lipinski definition) is 6. The zero-order valence-electron chi connectivity index (χ0n) is 11.9. The van der Waals surface area contributed by atoms with Gasteiger partial charge < -0.3 is 40.1 Å². The van der Waals surface area contributed by atoms with Crippen LogP contribution in [0.3, 0.4) is 0 Å². The molecule has 1 heterocycles. The molecule has 0 aromatic rings. The number of aliphatic hydroxyl groups excluding tert-OH is 6. The Kier molecular flexibility index (Phi) is 7.36. The minimum absolute atomic E-state index is 0.136. The Balaban J connectivity index is 2.48. The second-order valence-electron chi connectivity index (χ2n) is 5.04. The lowest BCUT2D eigenvalue weighted by Crippen LogP contribution is -2.58. The lowest BCUT2D eigenvalue weighted by molar-refractivity contribution is -0.287. The van der Waals surface area contributed by atoms with Crippen LogP contribution >= 0.6 is 0 Å². The van der Waals surface area contributed by atoms with E-state index in [1.165, 1.54) is 0 Å². The molecule has 1 fully saturated rings. The summed E-state index contributed by atoms with van der Waals surface area (Å²) in [6, 6.07) is 0. The SMILES string of the molecule is C=C(C(=O)OC[C@H]1OC(O)[C@H](O)[C@@H](O)[C@@H]1O)[C@@H](O)CCCO. The van der Waals surface area contributed by atoms with Gasteiger partial charge in [0.25, 0.3) is 0 Å². The third-order valence-electron chi connectivity index (χ3n) is 3.37. The molecule has 0 aromatic carbocycles. The van der Waals surface area contributed by atoms with Crippen molar-refractivity contribution >= 4 is 5.97 Å². The summed E-state index contributed by atoms with van der Waals surface area (Å²) in [7, 11) is 0. The maximum atomic E-state index is 11.7. The number of hydrogen-bond acceptors (Lipinski definition) is 9. The molecule has 1 rings (SSSR count). The second-order valence-corrected chi connectivity index (χ2v) is 5.04. The van der Waals surface area contributed by atoms with Crippen molar-refractivity contribution in [2.75, 3.05) is 13.2 Å². The van der Waals surface area contributed by atoms with Crippen molar-refractivity contribution in [2.45, 2.75) is 49.7 Å². The predicted octanol–water partition coefficient (Wildman–Crippen LogP) is -2.98. The van der Waals surface area contributed by atoms with Crippen molar-refractivity contribution < 1.29 is 44.9 Å². The van der Waals surface area contributed by atoms with Crippen molar-refractivity contribution in [1.82, 2.24) is 0 Å². The topological polar surface area (TPSA) is 157 Å². The zero-order valence-corrected chi connectivity index (χ0v) is 11.9. The molecule has 0 aliphatic carbocycles. The number of aliphatic hydroxyl groups is 6. The van der Waals surface area contributed by atoms with E-state index < -0.39 is 49.4 Å². The molecular formula is C13H22O9. The standard InChI is InChI=1S/C13H22O9/c1-6(7(15)3-2-4-14)12(19)21-5-8-9(16)10(17)11(18)13(20)22-8/h7-11,13-18,20H,1-5H2/t7-,8+,9+,10-,11+,13?/m0/s1. The Bertz CT molecular complexity index is 386. The average molecular weight is 322 g/mol. The van der Waals surface area contributed by atoms with Crippen LogP contribution in [0.25, 0.3) is 0 Å². The van der Waals surface area contributed by atoms with Crippen LogP contribution in [-0.4, -0.2) is 86.6 Å². The van der Waals surface area contributed by atoms with Gasteiger partial charge in [0.2, 0.25) is 0 Å². The number of carbonyl (C=O) groups excluding carboxylic acids is 1. The van der Waals surface area contributed by atoms with Crippen LogP contribution in [0, 0.1) is 0 Å². The molecule has 0 amide bonds. The number of ether oxygens (including phenoxy) is 2. The van der Waals surface area contributed by atoms with Gasteiger partial charge in [0, 0.05) is 6.61 Å². The van der Waals surface area contributed by atoms with Crippen molar-refractivity contribution in [2.24, 2.45) is 0 Å². The fourth-order valence-corrected chi connectivity index (χ4v) is 1.91. The highest BCUT2D eigenvalue weighted by molar-refractivity contribution is 5.88. The normalized spacial score (nSPS) is 33.3. The van der Waals surface area contributed by atoms with Gasteiger partial charge in [-0.05, 0) is 12.8 Å². The smallest absolute Gasteiger partial charge is 0.336 e. The van der Waals surface area contributed by atoms with E-state index in [1.807, 2.05) is 0 Å². The third kappa shape index (κ3) is 4.71. The summed E-state index contributed by atoms with van der Waals surface area (Å²) in [6.45, 7) is 2.74. The van der Waals surface area contributed by atoms with E-state index in [0.29, 0.717) is 0 Å². The molecule has 0 radical (unpaired) electrons. The molecule has 6 N–H and O–H groups in total. The Hall–Kier alpha value is -1.07. The maximum Gasteiger partial charge on any atom is 0.336 e. The van der Waals surface area contributed by atoms with Crippen LogP contribution in [-0.2, 0) is 14.3 Å². The van der Waals surface area contributed by atoms with E-state index in [1.54, 1.807) is 0 Å². The highest BCUT2D eigenvalue weighted by Crippen LogP contribution is 2.20. The molecule has 1 aliphatic heterocycles. The van der Waals surface area contributed by atoms with E-state index >= 15 is 0 Å². The summed E-state index contributed by atoms with van der Waals surface area (Å²) < 4.78 is 9.63. The van der Waals surface area contributed by atoms with Gasteiger partial charge in [0.1, 0.15) is 31.0 Å². The van der Waals surface area contributed by atoms with Crippen molar-refractivity contribution in [1.29, 1.82) is 0 Å². The first-order valence-electron chi connectivity index (χ1n) is 6.82. The van der Waals surface area contributed by atoms with Crippen LogP contribution in [0.4, 0.5) is 0 Å². The van der Waals surface area contributed by atoms with Gasteiger partial charge >= 0.3 is 5.97 Å². The van der Waals surface area contributed by atoms with Gasteiger partial charge in [-0.15, -0.1) is 0 Å². The molecule has 128 valence electrons. The quantitative estimate of drug-likeness (QED) is 0.212. The number of rotatable bonds is 7. The summed E-state index contributed by atoms with van der Waals surface area (Å²) in [6.07, 6.45) is -8.58. The van der Waals surface area contributed by atoms with Crippen LogP contribution in [0.1, 0.15) is 12.8 Å². The van der Waals surface area contributed by atoms with Crippen molar-refractivity contribution in [3.8, 4) is 0 Å². The summed E-state index contributed by atoms with van der Waals surface area (Å²) in [5.74, 6) is -0.934. The first-order chi connectivity index (χ1) is 10.3. The molecule has 0 saturated carbocycles. The molecular weight excluding hydrogens is 300 g/mol. The van der Waals surface area contributed by atoms with Crippen LogP contribution in [0.2, 0.25) is 0 Å². The Morgan fingerprint density at radius 3 is 2.41 bits per heavy atom. The summed E-state index contributed by atoms with van der Waals surface area (Å²) in [4.78, 5) is 11.7. The van der Waals surface area contributed by atoms with E-state index in [4.69, 9.17) is 14.6 Å².